The van der Waals surface area contributed by atoms with Crippen molar-refractivity contribution in [3.05, 3.63) is 53.6 Å². The summed E-state index contributed by atoms with van der Waals surface area (Å²) in [6.07, 6.45) is 2.69. The van der Waals surface area contributed by atoms with E-state index >= 15 is 0 Å². The molecule has 1 aliphatic carbocycles. The highest BCUT2D eigenvalue weighted by Gasteiger charge is 2.38. The molecule has 1 saturated carbocycles. The topological polar surface area (TPSA) is 111 Å². The van der Waals surface area contributed by atoms with Crippen LogP contribution in [0.5, 0.6) is 0 Å². The first-order chi connectivity index (χ1) is 13.4. The van der Waals surface area contributed by atoms with Crippen molar-refractivity contribution in [2.75, 3.05) is 0 Å². The molecule has 0 unspecified atom stereocenters. The Morgan fingerprint density at radius 3 is 2.86 bits per heavy atom. The number of hydrogen-bond acceptors (Lipinski definition) is 5. The van der Waals surface area contributed by atoms with Gasteiger partial charge in [-0.1, -0.05) is 11.8 Å². The molecule has 1 aliphatic rings. The van der Waals surface area contributed by atoms with Crippen LogP contribution in [0.4, 0.5) is 4.39 Å². The van der Waals surface area contributed by atoms with E-state index in [9.17, 15) is 19.1 Å². The Labute approximate surface area is 159 Å². The van der Waals surface area contributed by atoms with E-state index in [4.69, 9.17) is 5.73 Å². The van der Waals surface area contributed by atoms with Crippen molar-refractivity contribution >= 4 is 22.6 Å². The third kappa shape index (κ3) is 3.02. The first-order valence-corrected chi connectivity index (χ1v) is 8.61. The lowest BCUT2D eigenvalue weighted by Gasteiger charge is -2.11. The number of aromatic nitrogens is 3. The largest absolute Gasteiger partial charge is 0.371 e. The predicted octanol–water partition coefficient (Wildman–Crippen LogP) is 1.49. The van der Waals surface area contributed by atoms with Crippen LogP contribution in [-0.4, -0.2) is 37.2 Å². The zero-order chi connectivity index (χ0) is 19.9. The van der Waals surface area contributed by atoms with Crippen LogP contribution in [0.1, 0.15) is 35.3 Å². The lowest BCUT2D eigenvalue weighted by atomic mass is 10.0. The van der Waals surface area contributed by atoms with Gasteiger partial charge in [-0.05, 0) is 37.1 Å². The van der Waals surface area contributed by atoms with Gasteiger partial charge in [0.25, 0.3) is 5.91 Å². The van der Waals surface area contributed by atoms with Crippen molar-refractivity contribution < 1.29 is 19.1 Å². The van der Waals surface area contributed by atoms with Crippen molar-refractivity contribution in [3.8, 4) is 17.7 Å². The van der Waals surface area contributed by atoms with Crippen LogP contribution in [-0.2, 0) is 4.79 Å². The highest BCUT2D eigenvalue weighted by Crippen LogP contribution is 2.26. The monoisotopic (exact) mass is 378 g/mol. The van der Waals surface area contributed by atoms with Crippen molar-refractivity contribution in [1.29, 1.82) is 0 Å². The third-order valence-electron chi connectivity index (χ3n) is 4.66. The van der Waals surface area contributed by atoms with Crippen LogP contribution in [0.2, 0.25) is 0 Å². The molecule has 1 aromatic carbocycles. The number of hydrogen-bond donors (Lipinski definition) is 2. The standard InChI is InChI=1S/C20H15FN4O3/c21-13-3-4-14-15(11-13)25(24-18(14)19(22)27)17-10-12(6-9-23-17)5-8-20(28)7-1-2-16(20)26/h3-4,6,9-11,28H,1-2,7H2,(H2,22,27)/t20-/m1/s1. The van der Waals surface area contributed by atoms with Gasteiger partial charge in [-0.3, -0.25) is 9.59 Å². The van der Waals surface area contributed by atoms with Gasteiger partial charge in [0.05, 0.1) is 5.52 Å². The van der Waals surface area contributed by atoms with Crippen LogP contribution in [0.15, 0.2) is 36.5 Å². The summed E-state index contributed by atoms with van der Waals surface area (Å²) in [7, 11) is 0. The van der Waals surface area contributed by atoms with E-state index in [0.717, 1.165) is 0 Å². The van der Waals surface area contributed by atoms with Gasteiger partial charge in [-0.15, -0.1) is 0 Å². The van der Waals surface area contributed by atoms with Crippen molar-refractivity contribution in [3.63, 3.8) is 0 Å². The maximum atomic E-state index is 13.7. The molecule has 0 saturated heterocycles. The molecule has 3 aromatic rings. The molecule has 2 aromatic heterocycles. The Hall–Kier alpha value is -3.57. The first-order valence-electron chi connectivity index (χ1n) is 8.61. The highest BCUT2D eigenvalue weighted by molar-refractivity contribution is 6.04. The van der Waals surface area contributed by atoms with Crippen molar-refractivity contribution in [1.82, 2.24) is 14.8 Å². The van der Waals surface area contributed by atoms with Gasteiger partial charge in [-0.25, -0.2) is 14.1 Å². The SMILES string of the molecule is NC(=O)c1nn(-c2cc(C#C[C@]3(O)CCCC3=O)ccn2)c2cc(F)ccc12. The Bertz CT molecular complexity index is 1190. The third-order valence-corrected chi connectivity index (χ3v) is 4.66. The molecule has 7 nitrogen and oxygen atoms in total. The maximum Gasteiger partial charge on any atom is 0.269 e. The van der Waals surface area contributed by atoms with Gasteiger partial charge in [0.1, 0.15) is 5.82 Å². The molecule has 1 amide bonds. The second-order valence-electron chi connectivity index (χ2n) is 6.58. The normalized spacial score (nSPS) is 18.9. The van der Waals surface area contributed by atoms with Crippen LogP contribution in [0.3, 0.4) is 0 Å². The van der Waals surface area contributed by atoms with Crippen LogP contribution in [0.25, 0.3) is 16.7 Å². The second kappa shape index (κ2) is 6.55. The number of fused-ring (bicyclic) bond motifs is 1. The zero-order valence-corrected chi connectivity index (χ0v) is 14.6. The fraction of sp³-hybridized carbons (Fsp3) is 0.200. The molecule has 0 bridgehead atoms. The summed E-state index contributed by atoms with van der Waals surface area (Å²) < 4.78 is 15.0. The van der Waals surface area contributed by atoms with E-state index in [2.05, 4.69) is 21.9 Å². The smallest absolute Gasteiger partial charge is 0.269 e. The minimum Gasteiger partial charge on any atom is -0.371 e. The molecule has 28 heavy (non-hydrogen) atoms. The zero-order valence-electron chi connectivity index (χ0n) is 14.6. The lowest BCUT2D eigenvalue weighted by Crippen LogP contribution is -2.31. The van der Waals surface area contributed by atoms with Crippen molar-refractivity contribution in [2.45, 2.75) is 24.9 Å². The number of pyridine rings is 1. The minimum atomic E-state index is -1.62. The van der Waals surface area contributed by atoms with Crippen LogP contribution >= 0.6 is 0 Å². The number of aliphatic hydroxyl groups is 1. The number of rotatable bonds is 2. The summed E-state index contributed by atoms with van der Waals surface area (Å²) in [5, 5.41) is 14.9. The first kappa shape index (κ1) is 17.8. The Kier molecular flexibility index (Phi) is 4.17. The number of ketones is 1. The Morgan fingerprint density at radius 2 is 2.14 bits per heavy atom. The van der Waals surface area contributed by atoms with Crippen LogP contribution < -0.4 is 5.73 Å². The molecular weight excluding hydrogens is 363 g/mol. The molecule has 0 radical (unpaired) electrons. The van der Waals surface area contributed by atoms with E-state index in [-0.39, 0.29) is 11.5 Å². The number of nitrogens with zero attached hydrogens (tertiary/aromatic N) is 3. The number of benzene rings is 1. The van der Waals surface area contributed by atoms with Gasteiger partial charge >= 0.3 is 0 Å². The second-order valence-corrected chi connectivity index (χ2v) is 6.58. The number of primary amides is 1. The van der Waals surface area contributed by atoms with Crippen LogP contribution in [0, 0.1) is 17.7 Å². The molecule has 1 fully saturated rings. The average molecular weight is 378 g/mol. The van der Waals surface area contributed by atoms with E-state index in [1.807, 2.05) is 0 Å². The van der Waals surface area contributed by atoms with E-state index in [1.54, 1.807) is 12.1 Å². The summed E-state index contributed by atoms with van der Waals surface area (Å²) in [4.78, 5) is 27.7. The van der Waals surface area contributed by atoms with Gasteiger partial charge in [0.15, 0.2) is 22.9 Å². The van der Waals surface area contributed by atoms with Gasteiger partial charge < -0.3 is 10.8 Å². The van der Waals surface area contributed by atoms with E-state index < -0.39 is 17.3 Å². The number of amides is 1. The summed E-state index contributed by atoms with van der Waals surface area (Å²) in [6.45, 7) is 0. The van der Waals surface area contributed by atoms with Gasteiger partial charge in [0.2, 0.25) is 0 Å². The molecule has 0 aliphatic heterocycles. The van der Waals surface area contributed by atoms with E-state index in [1.165, 1.54) is 29.1 Å². The predicted molar refractivity (Wildman–Crippen MR) is 98.0 cm³/mol. The van der Waals surface area contributed by atoms with Crippen molar-refractivity contribution in [2.24, 2.45) is 5.73 Å². The highest BCUT2D eigenvalue weighted by atomic mass is 19.1. The Morgan fingerprint density at radius 1 is 1.32 bits per heavy atom. The summed E-state index contributed by atoms with van der Waals surface area (Å²) in [5.41, 5.74) is 4.57. The Balaban J connectivity index is 1.80. The van der Waals surface area contributed by atoms with Gasteiger partial charge in [0, 0.05) is 29.6 Å². The number of carbonyl (C=O) groups is 2. The molecule has 0 spiro atoms. The minimum absolute atomic E-state index is 0.000786. The summed E-state index contributed by atoms with van der Waals surface area (Å²) >= 11 is 0. The molecule has 3 N–H and O–H groups in total. The fourth-order valence-electron chi connectivity index (χ4n) is 3.22. The number of nitrogens with two attached hydrogens (primary N) is 1. The molecule has 1 atom stereocenters. The number of halogens is 1. The quantitative estimate of drug-likeness (QED) is 0.657. The fourth-order valence-corrected chi connectivity index (χ4v) is 3.22. The maximum absolute atomic E-state index is 13.7. The summed E-state index contributed by atoms with van der Waals surface area (Å²) in [6, 6.07) is 7.06. The van der Waals surface area contributed by atoms with E-state index in [0.29, 0.717) is 41.5 Å². The number of carbonyl (C=O) groups excluding carboxylic acids is 2. The lowest BCUT2D eigenvalue weighted by molar-refractivity contribution is -0.128. The molecule has 4 rings (SSSR count). The summed E-state index contributed by atoms with van der Waals surface area (Å²) in [5.74, 6) is 4.19. The molecule has 140 valence electrons. The molecular formula is C20H15FN4O3. The number of Topliss-reactive ketones (excluding diaryl/α,β-unsaturated/α-hetero) is 1. The molecule has 2 heterocycles. The van der Waals surface area contributed by atoms with Gasteiger partial charge in [-0.2, -0.15) is 5.10 Å². The molecule has 8 heteroatoms. The average Bonchev–Trinajstić information content (AvgIpc) is 3.21.